The number of methoxy groups -OCH3 is 1. The van der Waals surface area contributed by atoms with Gasteiger partial charge >= 0.3 is 6.18 Å². The van der Waals surface area contributed by atoms with Crippen molar-refractivity contribution >= 4 is 11.3 Å². The lowest BCUT2D eigenvalue weighted by Gasteiger charge is -2.21. The first kappa shape index (κ1) is 27.9. The van der Waals surface area contributed by atoms with E-state index in [1.54, 1.807) is 7.11 Å². The summed E-state index contributed by atoms with van der Waals surface area (Å²) < 4.78 is 56.5. The highest BCUT2D eigenvalue weighted by molar-refractivity contribution is 7.15. The van der Waals surface area contributed by atoms with Crippen molar-refractivity contribution in [2.24, 2.45) is 0 Å². The SMILES string of the molecule is CNC1=CCC(OCc2sc(-c3ccc(C(F)(F)F)cc3)nc2CCCOCc2ccccc2)C=C1OC. The van der Waals surface area contributed by atoms with E-state index in [4.69, 9.17) is 19.2 Å². The second-order valence-corrected chi connectivity index (χ2v) is 9.88. The van der Waals surface area contributed by atoms with Crippen molar-refractivity contribution in [1.29, 1.82) is 0 Å². The molecule has 0 bridgehead atoms. The van der Waals surface area contributed by atoms with Gasteiger partial charge in [-0.2, -0.15) is 13.2 Å². The minimum atomic E-state index is -4.37. The normalized spacial score (nSPS) is 15.7. The highest BCUT2D eigenvalue weighted by Gasteiger charge is 2.30. The largest absolute Gasteiger partial charge is 0.495 e. The van der Waals surface area contributed by atoms with Gasteiger partial charge in [-0.15, -0.1) is 11.3 Å². The lowest BCUT2D eigenvalue weighted by Crippen LogP contribution is -2.19. The summed E-state index contributed by atoms with van der Waals surface area (Å²) >= 11 is 1.45. The van der Waals surface area contributed by atoms with E-state index in [-0.39, 0.29) is 6.10 Å². The van der Waals surface area contributed by atoms with Gasteiger partial charge in [0.25, 0.3) is 0 Å². The van der Waals surface area contributed by atoms with Crippen LogP contribution in [0, 0.1) is 0 Å². The van der Waals surface area contributed by atoms with Gasteiger partial charge in [0.05, 0.1) is 48.3 Å². The molecule has 38 heavy (non-hydrogen) atoms. The number of halogens is 3. The maximum Gasteiger partial charge on any atom is 0.416 e. The van der Waals surface area contributed by atoms with Crippen molar-refractivity contribution in [2.75, 3.05) is 20.8 Å². The van der Waals surface area contributed by atoms with Gasteiger partial charge in [-0.05, 0) is 43.0 Å². The predicted octanol–water partition coefficient (Wildman–Crippen LogP) is 6.90. The molecule has 1 atom stereocenters. The number of likely N-dealkylation sites (N-methyl/N-ethyl adjacent to an activating group) is 1. The molecule has 1 heterocycles. The lowest BCUT2D eigenvalue weighted by molar-refractivity contribution is -0.137. The molecule has 1 aromatic heterocycles. The van der Waals surface area contributed by atoms with E-state index < -0.39 is 11.7 Å². The van der Waals surface area contributed by atoms with Gasteiger partial charge in [0.2, 0.25) is 0 Å². The molecule has 0 amide bonds. The first-order valence-electron chi connectivity index (χ1n) is 12.4. The van der Waals surface area contributed by atoms with Gasteiger partial charge in [-0.1, -0.05) is 48.5 Å². The molecular weight excluding hydrogens is 513 g/mol. The van der Waals surface area contributed by atoms with Crippen LogP contribution in [-0.2, 0) is 40.0 Å². The van der Waals surface area contributed by atoms with Crippen molar-refractivity contribution in [1.82, 2.24) is 10.3 Å². The summed E-state index contributed by atoms with van der Waals surface area (Å²) in [7, 11) is 3.46. The number of ether oxygens (including phenoxy) is 3. The highest BCUT2D eigenvalue weighted by atomic mass is 32.1. The molecule has 0 saturated carbocycles. The van der Waals surface area contributed by atoms with Crippen LogP contribution in [-0.4, -0.2) is 31.9 Å². The molecule has 1 N–H and O–H groups in total. The quantitative estimate of drug-likeness (QED) is 0.251. The zero-order valence-corrected chi connectivity index (χ0v) is 22.2. The Bertz CT molecular complexity index is 1240. The molecule has 1 aliphatic carbocycles. The molecule has 0 spiro atoms. The van der Waals surface area contributed by atoms with Crippen molar-refractivity contribution in [2.45, 2.75) is 44.8 Å². The van der Waals surface area contributed by atoms with Crippen LogP contribution in [0.25, 0.3) is 10.6 Å². The van der Waals surface area contributed by atoms with Crippen molar-refractivity contribution in [3.05, 3.63) is 99.9 Å². The number of hydrogen-bond donors (Lipinski definition) is 1. The third-order valence-corrected chi connectivity index (χ3v) is 7.25. The van der Waals surface area contributed by atoms with Gasteiger partial charge in [-0.3, -0.25) is 0 Å². The molecule has 0 fully saturated rings. The Morgan fingerprint density at radius 3 is 2.50 bits per heavy atom. The number of nitrogens with one attached hydrogen (secondary N) is 1. The van der Waals surface area contributed by atoms with Crippen LogP contribution in [0.2, 0.25) is 0 Å². The van der Waals surface area contributed by atoms with Gasteiger partial charge < -0.3 is 19.5 Å². The maximum atomic E-state index is 13.0. The summed E-state index contributed by atoms with van der Waals surface area (Å²) in [5, 5.41) is 3.78. The molecule has 202 valence electrons. The number of aromatic nitrogens is 1. The minimum absolute atomic E-state index is 0.152. The highest BCUT2D eigenvalue weighted by Crippen LogP contribution is 2.34. The summed E-state index contributed by atoms with van der Waals surface area (Å²) in [6.07, 6.45) is 1.60. The van der Waals surface area contributed by atoms with Gasteiger partial charge in [0, 0.05) is 19.2 Å². The third-order valence-electron chi connectivity index (χ3n) is 6.13. The molecular formula is C29H31F3N2O3S. The van der Waals surface area contributed by atoms with Crippen LogP contribution < -0.4 is 5.32 Å². The standard InChI is InChI=1S/C29H31F3N2O3S/c1-33-24-15-14-23(17-26(24)35-2)37-19-27-25(9-6-16-36-18-20-7-4-3-5-8-20)34-28(38-27)21-10-12-22(13-11-21)29(30,31)32/h3-5,7-8,10-13,15,17,23,33H,6,9,14,16,18-19H2,1-2H3. The Kier molecular flexibility index (Phi) is 9.60. The second kappa shape index (κ2) is 13.1. The topological polar surface area (TPSA) is 52.6 Å². The van der Waals surface area contributed by atoms with E-state index in [1.165, 1.54) is 23.5 Å². The number of aryl methyl sites for hydroxylation is 1. The Labute approximate surface area is 225 Å². The fraction of sp³-hybridized carbons (Fsp3) is 0.345. The first-order chi connectivity index (χ1) is 18.4. The Hall–Kier alpha value is -3.14. The number of rotatable bonds is 12. The summed E-state index contributed by atoms with van der Waals surface area (Å²) in [6.45, 7) is 1.46. The fourth-order valence-electron chi connectivity index (χ4n) is 4.09. The summed E-state index contributed by atoms with van der Waals surface area (Å²) in [5.74, 6) is 0.731. The van der Waals surface area contributed by atoms with E-state index in [2.05, 4.69) is 5.32 Å². The van der Waals surface area contributed by atoms with Gasteiger partial charge in [-0.25, -0.2) is 4.98 Å². The van der Waals surface area contributed by atoms with Crippen LogP contribution >= 0.6 is 11.3 Å². The number of nitrogens with zero attached hydrogens (tertiary/aromatic N) is 1. The second-order valence-electron chi connectivity index (χ2n) is 8.79. The van der Waals surface area contributed by atoms with Crippen molar-refractivity contribution in [3.8, 4) is 10.6 Å². The van der Waals surface area contributed by atoms with Crippen LogP contribution in [0.5, 0.6) is 0 Å². The van der Waals surface area contributed by atoms with E-state index in [1.807, 2.05) is 49.5 Å². The Morgan fingerprint density at radius 1 is 1.05 bits per heavy atom. The molecule has 9 heteroatoms. The predicted molar refractivity (Wildman–Crippen MR) is 142 cm³/mol. The van der Waals surface area contributed by atoms with Crippen molar-refractivity contribution in [3.63, 3.8) is 0 Å². The minimum Gasteiger partial charge on any atom is -0.495 e. The fourth-order valence-corrected chi connectivity index (χ4v) is 5.12. The average molecular weight is 545 g/mol. The molecule has 1 aliphatic rings. The molecule has 3 aromatic rings. The molecule has 5 nitrogen and oxygen atoms in total. The smallest absolute Gasteiger partial charge is 0.416 e. The van der Waals surface area contributed by atoms with Crippen LogP contribution in [0.1, 0.15) is 34.5 Å². The van der Waals surface area contributed by atoms with E-state index in [9.17, 15) is 13.2 Å². The van der Waals surface area contributed by atoms with Gasteiger partial charge in [0.1, 0.15) is 10.8 Å². The van der Waals surface area contributed by atoms with Crippen LogP contribution in [0.4, 0.5) is 13.2 Å². The van der Waals surface area contributed by atoms with Crippen molar-refractivity contribution < 1.29 is 27.4 Å². The molecule has 1 unspecified atom stereocenters. The molecule has 0 saturated heterocycles. The van der Waals surface area contributed by atoms with E-state index in [0.29, 0.717) is 43.2 Å². The molecule has 0 radical (unpaired) electrons. The Balaban J connectivity index is 1.44. The molecule has 0 aliphatic heterocycles. The third kappa shape index (κ3) is 7.46. The number of hydrogen-bond acceptors (Lipinski definition) is 6. The lowest BCUT2D eigenvalue weighted by atomic mass is 10.1. The monoisotopic (exact) mass is 544 g/mol. The molecule has 4 rings (SSSR count). The summed E-state index contributed by atoms with van der Waals surface area (Å²) in [6, 6.07) is 15.1. The summed E-state index contributed by atoms with van der Waals surface area (Å²) in [5.41, 5.74) is 2.89. The van der Waals surface area contributed by atoms with Crippen LogP contribution in [0.3, 0.4) is 0 Å². The summed E-state index contributed by atoms with van der Waals surface area (Å²) in [4.78, 5) is 5.75. The maximum absolute atomic E-state index is 13.0. The number of thiazole rings is 1. The van der Waals surface area contributed by atoms with E-state index in [0.717, 1.165) is 46.1 Å². The van der Waals surface area contributed by atoms with Crippen LogP contribution in [0.15, 0.2) is 78.2 Å². The number of benzene rings is 2. The average Bonchev–Trinajstić information content (AvgIpc) is 3.34. The zero-order chi connectivity index (χ0) is 27.0. The van der Waals surface area contributed by atoms with Gasteiger partial charge in [0.15, 0.2) is 0 Å². The van der Waals surface area contributed by atoms with E-state index >= 15 is 0 Å². The zero-order valence-electron chi connectivity index (χ0n) is 21.4. The molecule has 2 aromatic carbocycles. The number of alkyl halides is 3. The Morgan fingerprint density at radius 2 is 1.82 bits per heavy atom. The first-order valence-corrected chi connectivity index (χ1v) is 13.2.